The number of hydrogen-bond donors (Lipinski definition) is 3. The van der Waals surface area contributed by atoms with Gasteiger partial charge in [-0.1, -0.05) is 18.8 Å². The number of nitrogens with zero attached hydrogens (tertiary/aromatic N) is 3. The number of carbonyl (C=O) groups is 2. The van der Waals surface area contributed by atoms with E-state index in [-0.39, 0.29) is 52.0 Å². The number of hydrogen-bond acceptors (Lipinski definition) is 6. The van der Waals surface area contributed by atoms with E-state index in [1.807, 2.05) is 6.92 Å². The van der Waals surface area contributed by atoms with Gasteiger partial charge in [0.1, 0.15) is 29.3 Å². The van der Waals surface area contributed by atoms with Crippen LogP contribution in [0.1, 0.15) is 59.9 Å². The molecule has 1 aliphatic rings. The van der Waals surface area contributed by atoms with Gasteiger partial charge >= 0.3 is 6.18 Å². The summed E-state index contributed by atoms with van der Waals surface area (Å²) >= 11 is 0. The summed E-state index contributed by atoms with van der Waals surface area (Å²) in [5.74, 6) is 4.04. The van der Waals surface area contributed by atoms with Crippen molar-refractivity contribution in [3.8, 4) is 17.6 Å². The lowest BCUT2D eigenvalue weighted by Crippen LogP contribution is -2.50. The van der Waals surface area contributed by atoms with E-state index in [9.17, 15) is 31.5 Å². The molecule has 0 radical (unpaired) electrons. The first kappa shape index (κ1) is 35.5. The van der Waals surface area contributed by atoms with E-state index in [2.05, 4.69) is 37.7 Å². The van der Waals surface area contributed by atoms with E-state index in [1.165, 1.54) is 32.4 Å². The molecule has 2 amide bonds. The molecule has 1 aromatic heterocycles. The number of alkyl halides is 4. The third-order valence-corrected chi connectivity index (χ3v) is 8.01. The Kier molecular flexibility index (Phi) is 11.0. The predicted octanol–water partition coefficient (Wildman–Crippen LogP) is 5.15. The summed E-state index contributed by atoms with van der Waals surface area (Å²) in [5.41, 5.74) is -0.598. The van der Waals surface area contributed by atoms with Crippen LogP contribution in [0.15, 0.2) is 30.6 Å². The normalized spacial score (nSPS) is 17.1. The first-order valence-corrected chi connectivity index (χ1v) is 15.2. The number of nitrogens with one attached hydrogen (secondary N) is 3. The summed E-state index contributed by atoms with van der Waals surface area (Å²) in [6, 6.07) is 5.07. The number of carbonyl (C=O) groups excluding carboxylic acids is 2. The Morgan fingerprint density at radius 1 is 1.11 bits per heavy atom. The molecule has 0 aliphatic carbocycles. The van der Waals surface area contributed by atoms with Gasteiger partial charge in [-0.2, -0.15) is 13.2 Å². The van der Waals surface area contributed by atoms with E-state index >= 15 is 0 Å². The monoisotopic (exact) mass is 662 g/mol. The van der Waals surface area contributed by atoms with Crippen molar-refractivity contribution < 1.29 is 36.3 Å². The van der Waals surface area contributed by atoms with Crippen molar-refractivity contribution in [2.45, 2.75) is 58.0 Å². The number of amides is 2. The van der Waals surface area contributed by atoms with Gasteiger partial charge < -0.3 is 30.2 Å². The standard InChI is InChI=1S/C33H39F5N6O3/c1-20-17-43(12-9-32(2,3)35)11-8-25(20)42-31(46)23-13-21(14-27-29(23)41-19-44(27)18-33(36,37)38)7-6-10-40-26-15-22(30(45)39-4)24(34)16-28(26)47-5/h13-16,19-20,25,40H,8-12,17-18H2,1-5H3,(H,39,45)(H,42,46)/t20-,25-/m0/s1. The van der Waals surface area contributed by atoms with Crippen LogP contribution in [0.2, 0.25) is 0 Å². The number of imidazole rings is 1. The molecule has 0 bridgehead atoms. The second-order valence-corrected chi connectivity index (χ2v) is 12.3. The molecule has 1 fully saturated rings. The van der Waals surface area contributed by atoms with Gasteiger partial charge in [0, 0.05) is 44.4 Å². The van der Waals surface area contributed by atoms with Crippen molar-refractivity contribution in [1.29, 1.82) is 0 Å². The molecule has 0 spiro atoms. The minimum Gasteiger partial charge on any atom is -0.494 e. The smallest absolute Gasteiger partial charge is 0.406 e. The fourth-order valence-electron chi connectivity index (χ4n) is 5.50. The van der Waals surface area contributed by atoms with Crippen LogP contribution in [0, 0.1) is 23.6 Å². The van der Waals surface area contributed by atoms with Crippen molar-refractivity contribution in [1.82, 2.24) is 25.1 Å². The van der Waals surface area contributed by atoms with Crippen molar-refractivity contribution in [2.24, 2.45) is 5.92 Å². The topological polar surface area (TPSA) is 101 Å². The molecule has 1 saturated heterocycles. The van der Waals surface area contributed by atoms with Crippen molar-refractivity contribution >= 4 is 28.5 Å². The third-order valence-electron chi connectivity index (χ3n) is 8.01. The molecule has 0 saturated carbocycles. The van der Waals surface area contributed by atoms with E-state index in [4.69, 9.17) is 4.74 Å². The number of likely N-dealkylation sites (tertiary alicyclic amines) is 1. The average Bonchev–Trinajstić information content (AvgIpc) is 3.39. The number of anilines is 1. The van der Waals surface area contributed by atoms with Gasteiger partial charge in [0.05, 0.1) is 42.3 Å². The first-order valence-electron chi connectivity index (χ1n) is 15.2. The lowest BCUT2D eigenvalue weighted by Gasteiger charge is -2.38. The highest BCUT2D eigenvalue weighted by Gasteiger charge is 2.31. The van der Waals surface area contributed by atoms with Crippen LogP contribution in [0.5, 0.6) is 5.75 Å². The van der Waals surface area contributed by atoms with Crippen molar-refractivity contribution in [3.63, 3.8) is 0 Å². The Morgan fingerprint density at radius 2 is 1.85 bits per heavy atom. The average molecular weight is 663 g/mol. The molecule has 2 atom stereocenters. The van der Waals surface area contributed by atoms with E-state index < -0.39 is 36.0 Å². The van der Waals surface area contributed by atoms with Crippen LogP contribution < -0.4 is 20.7 Å². The SMILES string of the molecule is CNC(=O)c1cc(NCC#Cc2cc(C(=O)N[C@H]3CCN(CCC(C)(C)F)C[C@@H]3C)c3ncn(CC(F)(F)F)c3c2)c(OC)cc1F. The lowest BCUT2D eigenvalue weighted by molar-refractivity contribution is -0.140. The molecule has 47 heavy (non-hydrogen) atoms. The van der Waals surface area contributed by atoms with Crippen LogP contribution in [-0.4, -0.2) is 84.5 Å². The summed E-state index contributed by atoms with van der Waals surface area (Å²) < 4.78 is 74.5. The van der Waals surface area contributed by atoms with Gasteiger partial charge in [0.15, 0.2) is 0 Å². The maximum Gasteiger partial charge on any atom is 0.406 e. The Morgan fingerprint density at radius 3 is 2.49 bits per heavy atom. The number of ether oxygens (including phenoxy) is 1. The number of methoxy groups -OCH3 is 1. The second kappa shape index (κ2) is 14.6. The zero-order chi connectivity index (χ0) is 34.5. The summed E-state index contributed by atoms with van der Waals surface area (Å²) in [4.78, 5) is 31.9. The van der Waals surface area contributed by atoms with Gasteiger partial charge in [0.25, 0.3) is 11.8 Å². The molecule has 2 heterocycles. The number of piperidine rings is 1. The van der Waals surface area contributed by atoms with Crippen LogP contribution in [0.4, 0.5) is 27.6 Å². The second-order valence-electron chi connectivity index (χ2n) is 12.3. The maximum atomic E-state index is 14.3. The maximum absolute atomic E-state index is 14.3. The Bertz CT molecular complexity index is 1670. The van der Waals surface area contributed by atoms with Crippen molar-refractivity contribution in [2.75, 3.05) is 45.7 Å². The van der Waals surface area contributed by atoms with E-state index in [1.54, 1.807) is 13.8 Å². The Balaban J connectivity index is 1.57. The molecule has 0 unspecified atom stereocenters. The molecule has 3 aromatic rings. The fourth-order valence-corrected chi connectivity index (χ4v) is 5.50. The molecule has 1 aliphatic heterocycles. The van der Waals surface area contributed by atoms with Crippen LogP contribution in [-0.2, 0) is 6.54 Å². The lowest BCUT2D eigenvalue weighted by atomic mass is 9.92. The Hall–Kier alpha value is -4.38. The molecular formula is C33H39F5N6O3. The summed E-state index contributed by atoms with van der Waals surface area (Å²) in [5, 5.41) is 8.35. The van der Waals surface area contributed by atoms with Crippen LogP contribution in [0.3, 0.4) is 0 Å². The van der Waals surface area contributed by atoms with Crippen molar-refractivity contribution in [3.05, 3.63) is 53.1 Å². The Labute approximate surface area is 270 Å². The van der Waals surface area contributed by atoms with Gasteiger partial charge in [-0.05, 0) is 50.8 Å². The number of benzene rings is 2. The zero-order valence-corrected chi connectivity index (χ0v) is 26.9. The van der Waals surface area contributed by atoms with Crippen LogP contribution in [0.25, 0.3) is 11.0 Å². The minimum absolute atomic E-state index is 0.00770. The number of aromatic nitrogens is 2. The number of halogens is 5. The zero-order valence-electron chi connectivity index (χ0n) is 26.9. The third kappa shape index (κ3) is 9.34. The predicted molar refractivity (Wildman–Crippen MR) is 169 cm³/mol. The van der Waals surface area contributed by atoms with Gasteiger partial charge in [-0.25, -0.2) is 13.8 Å². The van der Waals surface area contributed by atoms with Gasteiger partial charge in [-0.3, -0.25) is 9.59 Å². The first-order chi connectivity index (χ1) is 22.1. The molecule has 254 valence electrons. The quantitative estimate of drug-likeness (QED) is 0.205. The highest BCUT2D eigenvalue weighted by atomic mass is 19.4. The fraction of sp³-hybridized carbons (Fsp3) is 0.485. The van der Waals surface area contributed by atoms with E-state index in [0.29, 0.717) is 38.2 Å². The number of rotatable bonds is 10. The minimum atomic E-state index is -4.52. The van der Waals surface area contributed by atoms with Gasteiger partial charge in [-0.15, -0.1) is 0 Å². The van der Waals surface area contributed by atoms with Gasteiger partial charge in [0.2, 0.25) is 0 Å². The number of fused-ring (bicyclic) bond motifs is 1. The highest BCUT2D eigenvalue weighted by Crippen LogP contribution is 2.29. The molecular weight excluding hydrogens is 623 g/mol. The molecule has 9 nitrogen and oxygen atoms in total. The molecule has 3 N–H and O–H groups in total. The summed E-state index contributed by atoms with van der Waals surface area (Å²) in [6.07, 6.45) is -2.45. The van der Waals surface area contributed by atoms with Crippen LogP contribution >= 0.6 is 0 Å². The highest BCUT2D eigenvalue weighted by molar-refractivity contribution is 6.05. The molecule has 14 heteroatoms. The summed E-state index contributed by atoms with van der Waals surface area (Å²) in [6.45, 7) is 5.71. The largest absolute Gasteiger partial charge is 0.494 e. The molecule has 4 rings (SSSR count). The molecule has 2 aromatic carbocycles. The summed E-state index contributed by atoms with van der Waals surface area (Å²) in [7, 11) is 2.71. The van der Waals surface area contributed by atoms with E-state index in [0.717, 1.165) is 17.0 Å².